The second-order valence-electron chi connectivity index (χ2n) is 4.73. The van der Waals surface area contributed by atoms with Crippen LogP contribution < -0.4 is 10.6 Å². The molecule has 2 aromatic rings. The quantitative estimate of drug-likeness (QED) is 0.516. The number of nitrogen functional groups attached to an aromatic ring is 1. The number of nitrogens with zero attached hydrogens (tertiary/aromatic N) is 1. The van der Waals surface area contributed by atoms with Crippen LogP contribution >= 0.6 is 0 Å². The van der Waals surface area contributed by atoms with E-state index in [0.29, 0.717) is 11.4 Å². The first-order valence-electron chi connectivity index (χ1n) is 6.37. The third-order valence-electron chi connectivity index (χ3n) is 2.99. The third-order valence-corrected chi connectivity index (χ3v) is 4.22. The minimum absolute atomic E-state index is 0.122. The van der Waals surface area contributed by atoms with E-state index in [0.717, 1.165) is 11.1 Å². The molecule has 0 bridgehead atoms. The summed E-state index contributed by atoms with van der Waals surface area (Å²) >= 11 is 0. The fourth-order valence-corrected chi connectivity index (χ4v) is 2.54. The summed E-state index contributed by atoms with van der Waals surface area (Å²) in [6, 6.07) is 13.6. The van der Waals surface area contributed by atoms with Gasteiger partial charge in [-0.3, -0.25) is 0 Å². The van der Waals surface area contributed by atoms with Gasteiger partial charge in [-0.2, -0.15) is 18.4 Å². The van der Waals surface area contributed by atoms with E-state index in [4.69, 9.17) is 5.73 Å². The molecule has 21 heavy (non-hydrogen) atoms. The zero-order valence-corrected chi connectivity index (χ0v) is 12.7. The van der Waals surface area contributed by atoms with Gasteiger partial charge in [0.25, 0.3) is 10.0 Å². The average Bonchev–Trinajstić information content (AvgIpc) is 2.46. The number of benzene rings is 2. The van der Waals surface area contributed by atoms with Crippen LogP contribution in [0.5, 0.6) is 0 Å². The van der Waals surface area contributed by atoms with Crippen molar-refractivity contribution in [2.45, 2.75) is 18.7 Å². The number of sulfonamides is 1. The van der Waals surface area contributed by atoms with E-state index in [-0.39, 0.29) is 4.90 Å². The number of hydrogen-bond acceptors (Lipinski definition) is 4. The molecule has 0 saturated carbocycles. The minimum Gasteiger partial charge on any atom is -0.399 e. The molecule has 0 aliphatic rings. The van der Waals surface area contributed by atoms with Gasteiger partial charge in [-0.15, -0.1) is 0 Å². The normalized spacial score (nSPS) is 12.2. The van der Waals surface area contributed by atoms with Crippen molar-refractivity contribution in [3.63, 3.8) is 0 Å². The number of nitrogens with two attached hydrogens (primary N) is 1. The van der Waals surface area contributed by atoms with Gasteiger partial charge >= 0.3 is 0 Å². The van der Waals surface area contributed by atoms with E-state index in [1.54, 1.807) is 6.92 Å². The summed E-state index contributed by atoms with van der Waals surface area (Å²) in [4.78, 5) is 2.35. The fourth-order valence-electron chi connectivity index (χ4n) is 1.69. The van der Waals surface area contributed by atoms with Crippen LogP contribution in [-0.2, 0) is 10.0 Å². The van der Waals surface area contributed by atoms with Crippen molar-refractivity contribution in [1.82, 2.24) is 4.83 Å². The first-order valence-corrected chi connectivity index (χ1v) is 7.85. The largest absolute Gasteiger partial charge is 0.399 e. The number of aryl methyl sites for hydroxylation is 1. The van der Waals surface area contributed by atoms with Crippen LogP contribution in [0, 0.1) is 6.92 Å². The lowest BCUT2D eigenvalue weighted by atomic mass is 10.1. The molecule has 0 amide bonds. The summed E-state index contributed by atoms with van der Waals surface area (Å²) in [6.07, 6.45) is 0. The lowest BCUT2D eigenvalue weighted by Crippen LogP contribution is -2.20. The second-order valence-corrected chi connectivity index (χ2v) is 6.39. The Hall–Kier alpha value is -2.34. The molecule has 0 aromatic heterocycles. The topological polar surface area (TPSA) is 84.5 Å². The maximum absolute atomic E-state index is 12.1. The molecular formula is C15H17N3O2S. The summed E-state index contributed by atoms with van der Waals surface area (Å²) in [7, 11) is -3.68. The minimum atomic E-state index is -3.68. The highest BCUT2D eigenvalue weighted by Crippen LogP contribution is 2.11. The van der Waals surface area contributed by atoms with Gasteiger partial charge in [0.1, 0.15) is 0 Å². The van der Waals surface area contributed by atoms with E-state index < -0.39 is 10.0 Å². The van der Waals surface area contributed by atoms with Crippen molar-refractivity contribution >= 4 is 21.4 Å². The van der Waals surface area contributed by atoms with Gasteiger partial charge in [-0.05, 0) is 43.7 Å². The van der Waals surface area contributed by atoms with Crippen LogP contribution in [-0.4, -0.2) is 14.1 Å². The highest BCUT2D eigenvalue weighted by atomic mass is 32.2. The summed E-state index contributed by atoms with van der Waals surface area (Å²) < 4.78 is 24.1. The molecule has 0 atom stereocenters. The monoisotopic (exact) mass is 303 g/mol. The van der Waals surface area contributed by atoms with Crippen molar-refractivity contribution < 1.29 is 8.42 Å². The number of anilines is 1. The van der Waals surface area contributed by atoms with Crippen LogP contribution in [0.3, 0.4) is 0 Å². The average molecular weight is 303 g/mol. The zero-order chi connectivity index (χ0) is 15.5. The smallest absolute Gasteiger partial charge is 0.276 e. The van der Waals surface area contributed by atoms with E-state index in [2.05, 4.69) is 9.93 Å². The SMILES string of the molecule is C/C(=N\NS(=O)(=O)c1ccc(N)cc1)c1ccc(C)cc1. The van der Waals surface area contributed by atoms with Gasteiger partial charge in [0.2, 0.25) is 0 Å². The predicted molar refractivity (Wildman–Crippen MR) is 84.6 cm³/mol. The lowest BCUT2D eigenvalue weighted by Gasteiger charge is -2.06. The molecule has 0 radical (unpaired) electrons. The number of rotatable bonds is 4. The van der Waals surface area contributed by atoms with Crippen molar-refractivity contribution in [3.8, 4) is 0 Å². The van der Waals surface area contributed by atoms with Crippen molar-refractivity contribution in [1.29, 1.82) is 0 Å². The Kier molecular flexibility index (Phi) is 4.28. The van der Waals surface area contributed by atoms with Crippen LogP contribution in [0.25, 0.3) is 0 Å². The Balaban J connectivity index is 2.18. The van der Waals surface area contributed by atoms with Crippen molar-refractivity contribution in [2.24, 2.45) is 5.10 Å². The Morgan fingerprint density at radius 2 is 1.62 bits per heavy atom. The molecule has 0 fully saturated rings. The van der Waals surface area contributed by atoms with E-state index in [1.165, 1.54) is 24.3 Å². The molecule has 0 heterocycles. The molecular weight excluding hydrogens is 286 g/mol. The predicted octanol–water partition coefficient (Wildman–Crippen LogP) is 2.28. The van der Waals surface area contributed by atoms with E-state index in [1.807, 2.05) is 31.2 Å². The molecule has 3 N–H and O–H groups in total. The maximum Gasteiger partial charge on any atom is 0.276 e. The molecule has 0 saturated heterocycles. The van der Waals surface area contributed by atoms with Gasteiger partial charge in [0.05, 0.1) is 10.6 Å². The summed E-state index contributed by atoms with van der Waals surface area (Å²) in [5.74, 6) is 0. The van der Waals surface area contributed by atoms with Gasteiger partial charge < -0.3 is 5.73 Å². The molecule has 0 aliphatic carbocycles. The molecule has 5 nitrogen and oxygen atoms in total. The van der Waals surface area contributed by atoms with Gasteiger partial charge in [-0.1, -0.05) is 29.8 Å². The zero-order valence-electron chi connectivity index (χ0n) is 11.9. The molecule has 110 valence electrons. The van der Waals surface area contributed by atoms with Crippen LogP contribution in [0.2, 0.25) is 0 Å². The first-order chi connectivity index (χ1) is 9.88. The Labute approximate surface area is 124 Å². The standard InChI is InChI=1S/C15H17N3O2S/c1-11-3-5-13(6-4-11)12(2)17-18-21(19,20)15-9-7-14(16)8-10-15/h3-10,18H,16H2,1-2H3/b17-12+. The highest BCUT2D eigenvalue weighted by molar-refractivity contribution is 7.89. The Bertz CT molecular complexity index is 749. The number of hydrazone groups is 1. The summed E-state index contributed by atoms with van der Waals surface area (Å²) in [5.41, 5.74) is 8.63. The van der Waals surface area contributed by atoms with Crippen LogP contribution in [0.1, 0.15) is 18.1 Å². The molecule has 0 unspecified atom stereocenters. The number of hydrogen-bond donors (Lipinski definition) is 2. The van der Waals surface area contributed by atoms with Gasteiger partial charge in [-0.25, -0.2) is 0 Å². The molecule has 0 spiro atoms. The van der Waals surface area contributed by atoms with Gasteiger partial charge in [0.15, 0.2) is 0 Å². The van der Waals surface area contributed by atoms with Crippen LogP contribution in [0.15, 0.2) is 58.5 Å². The van der Waals surface area contributed by atoms with Gasteiger partial charge in [0, 0.05) is 5.69 Å². The van der Waals surface area contributed by atoms with Crippen molar-refractivity contribution in [2.75, 3.05) is 5.73 Å². The summed E-state index contributed by atoms with van der Waals surface area (Å²) in [6.45, 7) is 3.73. The lowest BCUT2D eigenvalue weighted by molar-refractivity contribution is 0.584. The van der Waals surface area contributed by atoms with Crippen LogP contribution in [0.4, 0.5) is 5.69 Å². The third kappa shape index (κ3) is 3.82. The highest BCUT2D eigenvalue weighted by Gasteiger charge is 2.12. The van der Waals surface area contributed by atoms with E-state index >= 15 is 0 Å². The maximum atomic E-state index is 12.1. The Morgan fingerprint density at radius 1 is 1.05 bits per heavy atom. The second kappa shape index (κ2) is 5.97. The fraction of sp³-hybridized carbons (Fsp3) is 0.133. The molecule has 2 rings (SSSR count). The first kappa shape index (κ1) is 15.1. The molecule has 0 aliphatic heterocycles. The Morgan fingerprint density at radius 3 is 2.19 bits per heavy atom. The van der Waals surface area contributed by atoms with Crippen molar-refractivity contribution in [3.05, 3.63) is 59.7 Å². The molecule has 2 aromatic carbocycles. The van der Waals surface area contributed by atoms with E-state index in [9.17, 15) is 8.42 Å². The number of nitrogens with one attached hydrogen (secondary N) is 1. The summed E-state index contributed by atoms with van der Waals surface area (Å²) in [5, 5.41) is 3.94. The molecule has 6 heteroatoms.